The van der Waals surface area contributed by atoms with E-state index in [0.717, 1.165) is 3.57 Å². The quantitative estimate of drug-likeness (QED) is 0.719. The van der Waals surface area contributed by atoms with Gasteiger partial charge in [0.05, 0.1) is 22.2 Å². The Morgan fingerprint density at radius 1 is 1.29 bits per heavy atom. The third kappa shape index (κ3) is 3.68. The number of nitrogens with one attached hydrogen (secondary N) is 1. The first-order valence-corrected chi connectivity index (χ1v) is 8.96. The number of halogens is 2. The lowest BCUT2D eigenvalue weighted by Crippen LogP contribution is -2.15. The first kappa shape index (κ1) is 16.5. The number of sulfonamides is 1. The highest BCUT2D eigenvalue weighted by atomic mass is 127. The minimum absolute atomic E-state index is 0.128. The Labute approximate surface area is 142 Å². The molecule has 0 aromatic heterocycles. The molecule has 0 aliphatic rings. The topological polar surface area (TPSA) is 66.4 Å². The number of aliphatic hydroxyl groups is 1. The highest BCUT2D eigenvalue weighted by Gasteiger charge is 2.19. The van der Waals surface area contributed by atoms with E-state index in [-0.39, 0.29) is 11.5 Å². The van der Waals surface area contributed by atoms with Crippen molar-refractivity contribution in [3.05, 3.63) is 56.1 Å². The fourth-order valence-corrected chi connectivity index (χ4v) is 4.22. The Balaban J connectivity index is 2.43. The molecule has 0 atom stereocenters. The smallest absolute Gasteiger partial charge is 0.262 e. The molecule has 0 fully saturated rings. The Bertz CT molecular complexity index is 778. The molecule has 112 valence electrons. The first-order chi connectivity index (χ1) is 9.85. The van der Waals surface area contributed by atoms with E-state index in [1.54, 1.807) is 37.3 Å². The molecule has 4 nitrogen and oxygen atoms in total. The van der Waals surface area contributed by atoms with E-state index < -0.39 is 10.0 Å². The average molecular weight is 438 g/mol. The fourth-order valence-electron chi connectivity index (χ4n) is 1.89. The van der Waals surface area contributed by atoms with Crippen molar-refractivity contribution in [3.63, 3.8) is 0 Å². The van der Waals surface area contributed by atoms with Gasteiger partial charge >= 0.3 is 0 Å². The molecule has 0 saturated heterocycles. The van der Waals surface area contributed by atoms with Gasteiger partial charge in [-0.2, -0.15) is 0 Å². The standard InChI is InChI=1S/C14H13ClINO3S/c1-9-10(8-18)3-2-4-14(9)21(19,20)17-13-6-5-11(16)7-12(13)15/h2-7,17-18H,8H2,1H3. The number of benzene rings is 2. The van der Waals surface area contributed by atoms with Gasteiger partial charge < -0.3 is 5.11 Å². The van der Waals surface area contributed by atoms with Crippen molar-refractivity contribution in [2.24, 2.45) is 0 Å². The van der Waals surface area contributed by atoms with E-state index >= 15 is 0 Å². The minimum atomic E-state index is -3.76. The summed E-state index contributed by atoms with van der Waals surface area (Å²) in [6.45, 7) is 1.45. The zero-order chi connectivity index (χ0) is 15.6. The first-order valence-electron chi connectivity index (χ1n) is 6.02. The maximum Gasteiger partial charge on any atom is 0.262 e. The van der Waals surface area contributed by atoms with Gasteiger partial charge in [-0.25, -0.2) is 8.42 Å². The molecule has 0 amide bonds. The summed E-state index contributed by atoms with van der Waals surface area (Å²) in [4.78, 5) is 0.128. The molecule has 2 rings (SSSR count). The van der Waals surface area contributed by atoms with Crippen molar-refractivity contribution in [1.82, 2.24) is 0 Å². The van der Waals surface area contributed by atoms with Gasteiger partial charge in [0.1, 0.15) is 0 Å². The molecule has 2 N–H and O–H groups in total. The minimum Gasteiger partial charge on any atom is -0.392 e. The Morgan fingerprint density at radius 2 is 2.00 bits per heavy atom. The van der Waals surface area contributed by atoms with E-state index in [2.05, 4.69) is 27.3 Å². The van der Waals surface area contributed by atoms with Crippen LogP contribution in [0.4, 0.5) is 5.69 Å². The molecule has 0 saturated carbocycles. The maximum absolute atomic E-state index is 12.5. The van der Waals surface area contributed by atoms with Crippen LogP contribution in [0.15, 0.2) is 41.3 Å². The molecular formula is C14H13ClINO3S. The molecule has 0 heterocycles. The Morgan fingerprint density at radius 3 is 2.62 bits per heavy atom. The van der Waals surface area contributed by atoms with E-state index in [1.807, 2.05) is 0 Å². The largest absolute Gasteiger partial charge is 0.392 e. The molecule has 21 heavy (non-hydrogen) atoms. The SMILES string of the molecule is Cc1c(CO)cccc1S(=O)(=O)Nc1ccc(I)cc1Cl. The summed E-state index contributed by atoms with van der Waals surface area (Å²) in [6.07, 6.45) is 0. The number of aliphatic hydroxyl groups excluding tert-OH is 1. The lowest BCUT2D eigenvalue weighted by atomic mass is 10.1. The van der Waals surface area contributed by atoms with Gasteiger partial charge in [-0.15, -0.1) is 0 Å². The van der Waals surface area contributed by atoms with Crippen LogP contribution in [0, 0.1) is 10.5 Å². The average Bonchev–Trinajstić information content (AvgIpc) is 2.42. The fraction of sp³-hybridized carbons (Fsp3) is 0.143. The maximum atomic E-state index is 12.5. The number of hydrogen-bond acceptors (Lipinski definition) is 3. The highest BCUT2D eigenvalue weighted by Crippen LogP contribution is 2.27. The molecular weight excluding hydrogens is 425 g/mol. The Hall–Kier alpha value is -0.830. The van der Waals surface area contributed by atoms with Crippen LogP contribution in [-0.2, 0) is 16.6 Å². The number of anilines is 1. The molecule has 0 radical (unpaired) electrons. The van der Waals surface area contributed by atoms with Gasteiger partial charge in [0.2, 0.25) is 0 Å². The predicted molar refractivity (Wildman–Crippen MR) is 92.1 cm³/mol. The van der Waals surface area contributed by atoms with Crippen molar-refractivity contribution in [2.45, 2.75) is 18.4 Å². The summed E-state index contributed by atoms with van der Waals surface area (Å²) < 4.78 is 28.3. The van der Waals surface area contributed by atoms with Gasteiger partial charge in [0.25, 0.3) is 10.0 Å². The van der Waals surface area contributed by atoms with Gasteiger partial charge in [0.15, 0.2) is 0 Å². The predicted octanol–water partition coefficient (Wildman–Crippen LogP) is 3.55. The van der Waals surface area contributed by atoms with E-state index in [0.29, 0.717) is 21.8 Å². The lowest BCUT2D eigenvalue weighted by Gasteiger charge is -2.13. The van der Waals surface area contributed by atoms with Crippen LogP contribution in [0.3, 0.4) is 0 Å². The van der Waals surface area contributed by atoms with Gasteiger partial charge in [-0.1, -0.05) is 23.7 Å². The summed E-state index contributed by atoms with van der Waals surface area (Å²) in [7, 11) is -3.76. The molecule has 0 unspecified atom stereocenters. The van der Waals surface area contributed by atoms with Gasteiger partial charge in [0, 0.05) is 3.57 Å². The van der Waals surface area contributed by atoms with Crippen molar-refractivity contribution in [2.75, 3.05) is 4.72 Å². The zero-order valence-corrected chi connectivity index (χ0v) is 14.8. The Kier molecular flexibility index (Phi) is 5.13. The molecule has 0 aliphatic heterocycles. The monoisotopic (exact) mass is 437 g/mol. The summed E-state index contributed by atoms with van der Waals surface area (Å²) in [5, 5.41) is 9.57. The third-order valence-corrected chi connectivity index (χ3v) is 5.53. The highest BCUT2D eigenvalue weighted by molar-refractivity contribution is 14.1. The third-order valence-electron chi connectivity index (χ3n) is 3.03. The number of rotatable bonds is 4. The van der Waals surface area contributed by atoms with E-state index in [9.17, 15) is 13.5 Å². The second-order valence-corrected chi connectivity index (χ2v) is 7.73. The van der Waals surface area contributed by atoms with Crippen LogP contribution < -0.4 is 4.72 Å². The molecule has 0 spiro atoms. The van der Waals surface area contributed by atoms with Crippen LogP contribution in [0.1, 0.15) is 11.1 Å². The van der Waals surface area contributed by atoms with Crippen molar-refractivity contribution in [1.29, 1.82) is 0 Å². The molecule has 0 aliphatic carbocycles. The summed E-state index contributed by atoms with van der Waals surface area (Å²) in [5.74, 6) is 0. The zero-order valence-electron chi connectivity index (χ0n) is 11.1. The molecule has 2 aromatic carbocycles. The van der Waals surface area contributed by atoms with Gasteiger partial charge in [-0.05, 0) is 64.9 Å². The van der Waals surface area contributed by atoms with Crippen LogP contribution >= 0.6 is 34.2 Å². The normalized spacial score (nSPS) is 11.4. The molecule has 7 heteroatoms. The van der Waals surface area contributed by atoms with Crippen LogP contribution in [0.25, 0.3) is 0 Å². The van der Waals surface area contributed by atoms with Crippen molar-refractivity contribution >= 4 is 49.9 Å². The van der Waals surface area contributed by atoms with Crippen LogP contribution in [-0.4, -0.2) is 13.5 Å². The van der Waals surface area contributed by atoms with E-state index in [1.165, 1.54) is 6.07 Å². The second kappa shape index (κ2) is 6.51. The second-order valence-electron chi connectivity index (χ2n) is 4.43. The van der Waals surface area contributed by atoms with E-state index in [4.69, 9.17) is 11.6 Å². The van der Waals surface area contributed by atoms with Gasteiger partial charge in [-0.3, -0.25) is 4.72 Å². The van der Waals surface area contributed by atoms with Crippen molar-refractivity contribution in [3.8, 4) is 0 Å². The summed E-state index contributed by atoms with van der Waals surface area (Å²) in [5.41, 5.74) is 1.42. The van der Waals surface area contributed by atoms with Crippen LogP contribution in [0.5, 0.6) is 0 Å². The molecule has 0 bridgehead atoms. The lowest BCUT2D eigenvalue weighted by molar-refractivity contribution is 0.280. The summed E-state index contributed by atoms with van der Waals surface area (Å²) in [6, 6.07) is 9.84. The molecule has 2 aromatic rings. The van der Waals surface area contributed by atoms with Crippen LogP contribution in [0.2, 0.25) is 5.02 Å². The number of hydrogen-bond donors (Lipinski definition) is 2. The summed E-state index contributed by atoms with van der Waals surface area (Å²) >= 11 is 8.15. The van der Waals surface area contributed by atoms with Crippen molar-refractivity contribution < 1.29 is 13.5 Å².